The van der Waals surface area contributed by atoms with Gasteiger partial charge in [0.2, 0.25) is 0 Å². The van der Waals surface area contributed by atoms with Gasteiger partial charge in [-0.25, -0.2) is 13.2 Å². The molecule has 1 aliphatic rings. The van der Waals surface area contributed by atoms with Gasteiger partial charge in [0, 0.05) is 6.04 Å². The number of carbonyl (C=O) groups is 1. The maximum Gasteiger partial charge on any atom is 0.339 e. The van der Waals surface area contributed by atoms with E-state index < -0.39 is 15.8 Å². The molecule has 1 N–H and O–H groups in total. The molecule has 0 spiro atoms. The third-order valence-corrected chi connectivity index (χ3v) is 4.95. The molecule has 1 aromatic heterocycles. The maximum atomic E-state index is 11.4. The van der Waals surface area contributed by atoms with E-state index in [0.717, 1.165) is 0 Å². The first kappa shape index (κ1) is 13.1. The van der Waals surface area contributed by atoms with Gasteiger partial charge in [-0.05, 0) is 19.5 Å². The van der Waals surface area contributed by atoms with Crippen molar-refractivity contribution in [3.05, 3.63) is 23.7 Å². The van der Waals surface area contributed by atoms with E-state index in [4.69, 9.17) is 9.52 Å². The molecule has 0 bridgehead atoms. The lowest BCUT2D eigenvalue weighted by Gasteiger charge is -2.21. The Labute approximate surface area is 105 Å². The summed E-state index contributed by atoms with van der Waals surface area (Å²) in [5.41, 5.74) is 0.128. The number of rotatable bonds is 4. The predicted molar refractivity (Wildman–Crippen MR) is 64.2 cm³/mol. The maximum absolute atomic E-state index is 11.4. The molecule has 18 heavy (non-hydrogen) atoms. The molecule has 0 saturated carbocycles. The Bertz CT molecular complexity index is 548. The number of hydrogen-bond acceptors (Lipinski definition) is 5. The van der Waals surface area contributed by atoms with Crippen molar-refractivity contribution in [2.75, 3.05) is 18.6 Å². The molecule has 0 aromatic carbocycles. The summed E-state index contributed by atoms with van der Waals surface area (Å²) in [4.78, 5) is 12.7. The fourth-order valence-electron chi connectivity index (χ4n) is 2.13. The van der Waals surface area contributed by atoms with Crippen molar-refractivity contribution >= 4 is 15.8 Å². The lowest BCUT2D eigenvalue weighted by molar-refractivity contribution is 0.0692. The molecule has 1 unspecified atom stereocenters. The van der Waals surface area contributed by atoms with Crippen LogP contribution >= 0.6 is 0 Å². The highest BCUT2D eigenvalue weighted by atomic mass is 32.2. The monoisotopic (exact) mass is 273 g/mol. The highest BCUT2D eigenvalue weighted by molar-refractivity contribution is 7.91. The second-order valence-corrected chi connectivity index (χ2v) is 6.76. The van der Waals surface area contributed by atoms with E-state index in [1.54, 1.807) is 7.05 Å². The summed E-state index contributed by atoms with van der Waals surface area (Å²) in [5.74, 6) is -0.348. The normalized spacial score (nSPS) is 22.4. The van der Waals surface area contributed by atoms with Crippen molar-refractivity contribution in [3.8, 4) is 0 Å². The van der Waals surface area contributed by atoms with Crippen molar-refractivity contribution in [2.45, 2.75) is 19.0 Å². The number of carboxylic acids is 1. The third-order valence-electron chi connectivity index (χ3n) is 3.20. The zero-order valence-corrected chi connectivity index (χ0v) is 10.8. The zero-order valence-electron chi connectivity index (χ0n) is 10.00. The van der Waals surface area contributed by atoms with Crippen LogP contribution in [0.25, 0.3) is 0 Å². The fourth-order valence-corrected chi connectivity index (χ4v) is 3.94. The Morgan fingerprint density at radius 1 is 1.61 bits per heavy atom. The van der Waals surface area contributed by atoms with Crippen LogP contribution in [0.15, 0.2) is 16.7 Å². The van der Waals surface area contributed by atoms with Crippen LogP contribution in [0.4, 0.5) is 0 Å². The molecular weight excluding hydrogens is 258 g/mol. The molecule has 1 atom stereocenters. The van der Waals surface area contributed by atoms with Gasteiger partial charge in [0.1, 0.15) is 11.3 Å². The van der Waals surface area contributed by atoms with E-state index in [2.05, 4.69) is 0 Å². The molecule has 6 nitrogen and oxygen atoms in total. The van der Waals surface area contributed by atoms with Crippen molar-refractivity contribution in [3.63, 3.8) is 0 Å². The van der Waals surface area contributed by atoms with Crippen molar-refractivity contribution in [1.29, 1.82) is 0 Å². The van der Waals surface area contributed by atoms with Gasteiger partial charge in [0.05, 0.1) is 24.3 Å². The third kappa shape index (κ3) is 2.73. The van der Waals surface area contributed by atoms with Gasteiger partial charge >= 0.3 is 5.97 Å². The van der Waals surface area contributed by atoms with Crippen molar-refractivity contribution in [1.82, 2.24) is 4.90 Å². The van der Waals surface area contributed by atoms with E-state index in [1.165, 1.54) is 12.3 Å². The van der Waals surface area contributed by atoms with Crippen LogP contribution in [-0.4, -0.2) is 49.0 Å². The van der Waals surface area contributed by atoms with E-state index in [1.807, 2.05) is 4.90 Å². The molecule has 7 heteroatoms. The number of nitrogens with zero attached hydrogens (tertiary/aromatic N) is 1. The van der Waals surface area contributed by atoms with E-state index in [-0.39, 0.29) is 23.1 Å². The number of carboxylic acid groups (broad SMARTS) is 1. The standard InChI is InChI=1S/C11H15NO5S/c1-12(8-3-5-18(15,16)7-8)6-10-9(11(13)14)2-4-17-10/h2,4,8H,3,5-7H2,1H3,(H,13,14). The largest absolute Gasteiger partial charge is 0.478 e. The summed E-state index contributed by atoms with van der Waals surface area (Å²) in [6.07, 6.45) is 1.92. The minimum Gasteiger partial charge on any atom is -0.478 e. The van der Waals surface area contributed by atoms with Gasteiger partial charge in [-0.2, -0.15) is 0 Å². The van der Waals surface area contributed by atoms with Crippen LogP contribution in [0.5, 0.6) is 0 Å². The Morgan fingerprint density at radius 3 is 2.89 bits per heavy atom. The molecule has 2 heterocycles. The van der Waals surface area contributed by atoms with Crippen LogP contribution in [0.2, 0.25) is 0 Å². The zero-order chi connectivity index (χ0) is 13.3. The highest BCUT2D eigenvalue weighted by Crippen LogP contribution is 2.20. The van der Waals surface area contributed by atoms with Gasteiger partial charge in [-0.3, -0.25) is 4.90 Å². The first-order valence-corrected chi connectivity index (χ1v) is 7.41. The quantitative estimate of drug-likeness (QED) is 0.864. The second kappa shape index (κ2) is 4.74. The fraction of sp³-hybridized carbons (Fsp3) is 0.545. The lowest BCUT2D eigenvalue weighted by Crippen LogP contribution is -2.32. The average Bonchev–Trinajstić information content (AvgIpc) is 2.84. The molecular formula is C11H15NO5S. The highest BCUT2D eigenvalue weighted by Gasteiger charge is 2.31. The molecule has 0 amide bonds. The number of furan rings is 1. The minimum absolute atomic E-state index is 0.0678. The summed E-state index contributed by atoms with van der Waals surface area (Å²) >= 11 is 0. The van der Waals surface area contributed by atoms with E-state index >= 15 is 0 Å². The van der Waals surface area contributed by atoms with Crippen LogP contribution in [-0.2, 0) is 16.4 Å². The van der Waals surface area contributed by atoms with E-state index in [9.17, 15) is 13.2 Å². The van der Waals surface area contributed by atoms with Gasteiger partial charge in [0.25, 0.3) is 0 Å². The van der Waals surface area contributed by atoms with Crippen molar-refractivity contribution in [2.24, 2.45) is 0 Å². The Balaban J connectivity index is 2.06. The van der Waals surface area contributed by atoms with Gasteiger partial charge in [-0.1, -0.05) is 0 Å². The summed E-state index contributed by atoms with van der Waals surface area (Å²) in [6.45, 7) is 0.300. The molecule has 0 aliphatic carbocycles. The van der Waals surface area contributed by atoms with Crippen LogP contribution < -0.4 is 0 Å². The Kier molecular flexibility index (Phi) is 3.45. The first-order chi connectivity index (χ1) is 8.39. The van der Waals surface area contributed by atoms with Crippen LogP contribution in [0, 0.1) is 0 Å². The Morgan fingerprint density at radius 2 is 2.33 bits per heavy atom. The summed E-state index contributed by atoms with van der Waals surface area (Å²) in [6, 6.07) is 1.33. The number of hydrogen-bond donors (Lipinski definition) is 1. The van der Waals surface area contributed by atoms with Crippen LogP contribution in [0.3, 0.4) is 0 Å². The van der Waals surface area contributed by atoms with Crippen molar-refractivity contribution < 1.29 is 22.7 Å². The molecule has 1 aromatic rings. The first-order valence-electron chi connectivity index (χ1n) is 5.59. The Hall–Kier alpha value is -1.34. The van der Waals surface area contributed by atoms with Gasteiger partial charge in [-0.15, -0.1) is 0 Å². The van der Waals surface area contributed by atoms with Gasteiger partial charge in [0.15, 0.2) is 9.84 Å². The molecule has 0 radical (unpaired) electrons. The summed E-state index contributed by atoms with van der Waals surface area (Å²) < 4.78 is 27.9. The smallest absolute Gasteiger partial charge is 0.339 e. The molecule has 1 saturated heterocycles. The molecule has 1 aliphatic heterocycles. The summed E-state index contributed by atoms with van der Waals surface area (Å²) in [5, 5.41) is 8.94. The minimum atomic E-state index is -2.93. The molecule has 100 valence electrons. The predicted octanol–water partition coefficient (Wildman–Crippen LogP) is 0.597. The topological polar surface area (TPSA) is 87.8 Å². The SMILES string of the molecule is CN(Cc1occc1C(=O)O)C1CCS(=O)(=O)C1. The van der Waals surface area contributed by atoms with Crippen LogP contribution in [0.1, 0.15) is 22.5 Å². The number of aromatic carboxylic acids is 1. The molecule has 2 rings (SSSR count). The number of sulfone groups is 1. The lowest BCUT2D eigenvalue weighted by atomic mass is 10.2. The van der Waals surface area contributed by atoms with Gasteiger partial charge < -0.3 is 9.52 Å². The second-order valence-electron chi connectivity index (χ2n) is 4.53. The van der Waals surface area contributed by atoms with E-state index in [0.29, 0.717) is 18.7 Å². The average molecular weight is 273 g/mol. The molecule has 1 fully saturated rings. The summed E-state index contributed by atoms with van der Waals surface area (Å²) in [7, 11) is -1.16.